The third-order valence-electron chi connectivity index (χ3n) is 4.20. The number of rotatable bonds is 3. The molecule has 0 aliphatic heterocycles. The van der Waals surface area contributed by atoms with E-state index in [1.54, 1.807) is 24.3 Å². The summed E-state index contributed by atoms with van der Waals surface area (Å²) in [6, 6.07) is 20.9. The number of aromatic nitrogens is 2. The molecule has 5 heteroatoms. The fraction of sp³-hybridized carbons (Fsp3) is 0.0476. The molecule has 1 N–H and O–H groups in total. The van der Waals surface area contributed by atoms with Crippen LogP contribution in [0.25, 0.3) is 16.7 Å². The van der Waals surface area contributed by atoms with Gasteiger partial charge in [-0.1, -0.05) is 18.2 Å². The van der Waals surface area contributed by atoms with Crippen molar-refractivity contribution in [1.82, 2.24) is 9.55 Å². The fourth-order valence-corrected chi connectivity index (χ4v) is 2.98. The van der Waals surface area contributed by atoms with Crippen molar-refractivity contribution in [1.29, 1.82) is 0 Å². The third kappa shape index (κ3) is 2.95. The Morgan fingerprint density at radius 2 is 1.73 bits per heavy atom. The fourth-order valence-electron chi connectivity index (χ4n) is 2.98. The normalized spacial score (nSPS) is 10.8. The van der Waals surface area contributed by atoms with Crippen LogP contribution >= 0.6 is 0 Å². The predicted molar refractivity (Wildman–Crippen MR) is 100 cm³/mol. The first-order valence-electron chi connectivity index (χ1n) is 8.23. The lowest BCUT2D eigenvalue weighted by atomic mass is 10.1. The Bertz CT molecular complexity index is 1090. The summed E-state index contributed by atoms with van der Waals surface area (Å²) in [5.41, 5.74) is 3.65. The number of amides is 1. The van der Waals surface area contributed by atoms with Gasteiger partial charge in [0.2, 0.25) is 0 Å². The number of aryl methyl sites for hydroxylation is 1. The minimum atomic E-state index is -0.293. The number of nitrogens with one attached hydrogen (secondary N) is 1. The Hall–Kier alpha value is -3.47. The molecule has 0 unspecified atom stereocenters. The summed E-state index contributed by atoms with van der Waals surface area (Å²) in [4.78, 5) is 17.1. The number of hydrogen-bond acceptors (Lipinski definition) is 2. The Balaban J connectivity index is 1.75. The monoisotopic (exact) mass is 345 g/mol. The summed E-state index contributed by atoms with van der Waals surface area (Å²) in [6.45, 7) is 1.88. The molecule has 0 radical (unpaired) electrons. The smallest absolute Gasteiger partial charge is 0.255 e. The summed E-state index contributed by atoms with van der Waals surface area (Å²) >= 11 is 0. The van der Waals surface area contributed by atoms with Gasteiger partial charge in [0.15, 0.2) is 0 Å². The topological polar surface area (TPSA) is 46.9 Å². The highest BCUT2D eigenvalue weighted by Crippen LogP contribution is 2.23. The Kier molecular flexibility index (Phi) is 3.97. The second-order valence-electron chi connectivity index (χ2n) is 5.99. The summed E-state index contributed by atoms with van der Waals surface area (Å²) in [6.07, 6.45) is 0. The van der Waals surface area contributed by atoms with Gasteiger partial charge >= 0.3 is 0 Å². The number of hydrogen-bond donors (Lipinski definition) is 1. The van der Waals surface area contributed by atoms with Gasteiger partial charge in [0.1, 0.15) is 11.6 Å². The molecule has 1 heterocycles. The maximum absolute atomic E-state index is 13.2. The van der Waals surface area contributed by atoms with Crippen LogP contribution in [-0.2, 0) is 0 Å². The maximum Gasteiger partial charge on any atom is 0.255 e. The zero-order chi connectivity index (χ0) is 18.1. The first kappa shape index (κ1) is 16.0. The molecule has 0 bridgehead atoms. The van der Waals surface area contributed by atoms with Gasteiger partial charge in [-0.25, -0.2) is 9.37 Å². The molecule has 1 aromatic heterocycles. The second kappa shape index (κ2) is 6.44. The van der Waals surface area contributed by atoms with E-state index in [9.17, 15) is 9.18 Å². The lowest BCUT2D eigenvalue weighted by Gasteiger charge is -2.08. The molecule has 4 rings (SSSR count). The van der Waals surface area contributed by atoms with Crippen molar-refractivity contribution in [3.63, 3.8) is 0 Å². The highest BCUT2D eigenvalue weighted by molar-refractivity contribution is 6.06. The van der Waals surface area contributed by atoms with Crippen molar-refractivity contribution in [3.05, 3.63) is 90.0 Å². The average molecular weight is 345 g/mol. The van der Waals surface area contributed by atoms with Gasteiger partial charge < -0.3 is 5.32 Å². The number of carbonyl (C=O) groups excluding carboxylic acids is 1. The van der Waals surface area contributed by atoms with E-state index in [1.165, 1.54) is 12.1 Å². The van der Waals surface area contributed by atoms with E-state index in [1.807, 2.05) is 47.9 Å². The molecule has 0 atom stereocenters. The molecule has 1 amide bonds. The summed E-state index contributed by atoms with van der Waals surface area (Å²) in [5, 5.41) is 2.88. The maximum atomic E-state index is 13.2. The van der Waals surface area contributed by atoms with E-state index in [0.29, 0.717) is 5.56 Å². The first-order chi connectivity index (χ1) is 12.6. The van der Waals surface area contributed by atoms with Crippen LogP contribution in [0.5, 0.6) is 0 Å². The van der Waals surface area contributed by atoms with Gasteiger partial charge in [0.25, 0.3) is 5.91 Å². The molecular formula is C21H16FN3O. The average Bonchev–Trinajstić information content (AvgIpc) is 2.98. The Morgan fingerprint density at radius 1 is 1.00 bits per heavy atom. The van der Waals surface area contributed by atoms with Crippen LogP contribution in [0.15, 0.2) is 72.8 Å². The van der Waals surface area contributed by atoms with Gasteiger partial charge in [-0.15, -0.1) is 0 Å². The standard InChI is InChI=1S/C21H16FN3O/c1-14-23-19-12-7-15(21(26)24-17-5-3-2-4-6-17)13-20(19)25(14)18-10-8-16(22)9-11-18/h2-13H,1H3,(H,24,26). The van der Waals surface area contributed by atoms with E-state index < -0.39 is 0 Å². The van der Waals surface area contributed by atoms with Gasteiger partial charge in [0.05, 0.1) is 11.0 Å². The largest absolute Gasteiger partial charge is 0.322 e. The summed E-state index contributed by atoms with van der Waals surface area (Å²) in [7, 11) is 0. The number of carbonyl (C=O) groups is 1. The van der Waals surface area contributed by atoms with E-state index >= 15 is 0 Å². The zero-order valence-corrected chi connectivity index (χ0v) is 14.1. The van der Waals surface area contributed by atoms with Crippen molar-refractivity contribution in [2.24, 2.45) is 0 Å². The molecular weight excluding hydrogens is 329 g/mol. The molecule has 26 heavy (non-hydrogen) atoms. The van der Waals surface area contributed by atoms with Crippen molar-refractivity contribution < 1.29 is 9.18 Å². The molecule has 0 fully saturated rings. The number of para-hydroxylation sites is 1. The minimum absolute atomic E-state index is 0.192. The van der Waals surface area contributed by atoms with Crippen LogP contribution in [0.2, 0.25) is 0 Å². The quantitative estimate of drug-likeness (QED) is 0.584. The molecule has 4 aromatic rings. The zero-order valence-electron chi connectivity index (χ0n) is 14.1. The molecule has 128 valence electrons. The molecule has 0 saturated heterocycles. The lowest BCUT2D eigenvalue weighted by molar-refractivity contribution is 0.102. The highest BCUT2D eigenvalue weighted by atomic mass is 19.1. The lowest BCUT2D eigenvalue weighted by Crippen LogP contribution is -2.11. The van der Waals surface area contributed by atoms with Gasteiger partial charge in [0, 0.05) is 16.9 Å². The second-order valence-corrected chi connectivity index (χ2v) is 5.99. The number of imidazole rings is 1. The van der Waals surface area contributed by atoms with Crippen molar-refractivity contribution in [2.45, 2.75) is 6.92 Å². The van der Waals surface area contributed by atoms with Crippen molar-refractivity contribution in [3.8, 4) is 5.69 Å². The molecule has 0 aliphatic carbocycles. The number of fused-ring (bicyclic) bond motifs is 1. The van der Waals surface area contributed by atoms with Gasteiger partial charge in [-0.05, 0) is 61.5 Å². The number of nitrogens with zero attached hydrogens (tertiary/aromatic N) is 2. The van der Waals surface area contributed by atoms with Gasteiger partial charge in [-0.3, -0.25) is 9.36 Å². The van der Waals surface area contributed by atoms with Crippen LogP contribution < -0.4 is 5.32 Å². The summed E-state index contributed by atoms with van der Waals surface area (Å²) in [5.74, 6) is 0.286. The minimum Gasteiger partial charge on any atom is -0.322 e. The third-order valence-corrected chi connectivity index (χ3v) is 4.20. The van der Waals surface area contributed by atoms with E-state index in [2.05, 4.69) is 10.3 Å². The SMILES string of the molecule is Cc1nc2ccc(C(=O)Nc3ccccc3)cc2n1-c1ccc(F)cc1. The van der Waals surface area contributed by atoms with E-state index in [-0.39, 0.29) is 11.7 Å². The van der Waals surface area contributed by atoms with Crippen LogP contribution in [0.1, 0.15) is 16.2 Å². The molecule has 3 aromatic carbocycles. The molecule has 0 aliphatic rings. The van der Waals surface area contributed by atoms with Crippen LogP contribution in [0, 0.1) is 12.7 Å². The van der Waals surface area contributed by atoms with Gasteiger partial charge in [-0.2, -0.15) is 0 Å². The molecule has 0 spiro atoms. The Labute approximate surface area is 149 Å². The number of anilines is 1. The van der Waals surface area contributed by atoms with Crippen LogP contribution in [0.3, 0.4) is 0 Å². The number of halogens is 1. The molecule has 0 saturated carbocycles. The van der Waals surface area contributed by atoms with E-state index in [0.717, 1.165) is 28.2 Å². The van der Waals surface area contributed by atoms with Crippen molar-refractivity contribution in [2.75, 3.05) is 5.32 Å². The highest BCUT2D eigenvalue weighted by Gasteiger charge is 2.13. The Morgan fingerprint density at radius 3 is 2.46 bits per heavy atom. The first-order valence-corrected chi connectivity index (χ1v) is 8.23. The van der Waals surface area contributed by atoms with Crippen LogP contribution in [0.4, 0.5) is 10.1 Å². The van der Waals surface area contributed by atoms with E-state index in [4.69, 9.17) is 0 Å². The summed E-state index contributed by atoms with van der Waals surface area (Å²) < 4.78 is 15.2. The molecule has 4 nitrogen and oxygen atoms in total. The predicted octanol–water partition coefficient (Wildman–Crippen LogP) is 4.73. The number of benzene rings is 3. The van der Waals surface area contributed by atoms with Crippen LogP contribution in [-0.4, -0.2) is 15.5 Å². The van der Waals surface area contributed by atoms with Crippen molar-refractivity contribution >= 4 is 22.6 Å².